The van der Waals surface area contributed by atoms with Crippen molar-refractivity contribution in [2.75, 3.05) is 26.8 Å². The van der Waals surface area contributed by atoms with Crippen molar-refractivity contribution in [1.29, 1.82) is 0 Å². The lowest BCUT2D eigenvalue weighted by Gasteiger charge is -2.31. The van der Waals surface area contributed by atoms with Crippen molar-refractivity contribution in [2.45, 2.75) is 19.4 Å². The lowest BCUT2D eigenvalue weighted by molar-refractivity contribution is 0.136. The number of aromatic amines is 1. The second-order valence-electron chi connectivity index (χ2n) is 8.51. The maximum absolute atomic E-state index is 6.11. The van der Waals surface area contributed by atoms with Crippen molar-refractivity contribution in [3.8, 4) is 22.9 Å². The molecule has 0 bridgehead atoms. The number of hydrogen-bond acceptors (Lipinski definition) is 4. The third-order valence-corrected chi connectivity index (χ3v) is 6.28. The Kier molecular flexibility index (Phi) is 6.08. The highest BCUT2D eigenvalue weighted by Gasteiger charge is 2.20. The molecule has 0 atom stereocenters. The summed E-state index contributed by atoms with van der Waals surface area (Å²) in [6.07, 6.45) is 2.35. The molecular weight excluding hydrogens is 398 g/mol. The van der Waals surface area contributed by atoms with Crippen LogP contribution < -0.4 is 9.47 Å². The lowest BCUT2D eigenvalue weighted by Crippen LogP contribution is -2.35. The molecule has 0 spiro atoms. The number of piperidine rings is 1. The number of ether oxygens (including phenoxy) is 2. The fraction of sp³-hybridized carbons (Fsp3) is 0.296. The van der Waals surface area contributed by atoms with Crippen molar-refractivity contribution in [3.63, 3.8) is 0 Å². The Morgan fingerprint density at radius 3 is 2.34 bits per heavy atom. The maximum atomic E-state index is 6.11. The summed E-state index contributed by atoms with van der Waals surface area (Å²) in [6, 6.07) is 24.7. The Labute approximate surface area is 189 Å². The molecule has 0 radical (unpaired) electrons. The van der Waals surface area contributed by atoms with Gasteiger partial charge in [0.2, 0.25) is 0 Å². The Morgan fingerprint density at radius 1 is 0.906 bits per heavy atom. The van der Waals surface area contributed by atoms with Crippen LogP contribution in [0.1, 0.15) is 18.4 Å². The number of aromatic nitrogens is 2. The molecule has 5 nitrogen and oxygen atoms in total. The predicted molar refractivity (Wildman–Crippen MR) is 128 cm³/mol. The highest BCUT2D eigenvalue weighted by atomic mass is 16.5. The highest BCUT2D eigenvalue weighted by Crippen LogP contribution is 2.25. The van der Waals surface area contributed by atoms with Gasteiger partial charge in [-0.25, -0.2) is 4.98 Å². The van der Waals surface area contributed by atoms with Crippen molar-refractivity contribution in [3.05, 3.63) is 78.4 Å². The normalized spacial score (nSPS) is 15.2. The smallest absolute Gasteiger partial charge is 0.138 e. The molecule has 1 N–H and O–H groups in total. The van der Waals surface area contributed by atoms with Gasteiger partial charge in [-0.3, -0.25) is 4.90 Å². The molecule has 1 saturated heterocycles. The van der Waals surface area contributed by atoms with Crippen LogP contribution in [0.3, 0.4) is 0 Å². The SMILES string of the molecule is COc1ccc(CN2CCC(COc3ccc(-c4nc5ccccc5[nH]4)cc3)CC2)cc1. The van der Waals surface area contributed by atoms with Gasteiger partial charge in [0.15, 0.2) is 0 Å². The number of methoxy groups -OCH3 is 1. The van der Waals surface area contributed by atoms with Gasteiger partial charge in [0.1, 0.15) is 17.3 Å². The van der Waals surface area contributed by atoms with Crippen LogP contribution in [0.15, 0.2) is 72.8 Å². The molecule has 5 heteroatoms. The zero-order valence-electron chi connectivity index (χ0n) is 18.5. The first kappa shape index (κ1) is 20.6. The summed E-state index contributed by atoms with van der Waals surface area (Å²) in [6.45, 7) is 4.01. The molecule has 1 fully saturated rings. The molecular formula is C27H29N3O2. The summed E-state index contributed by atoms with van der Waals surface area (Å²) in [5.74, 6) is 3.33. The van der Waals surface area contributed by atoms with Crippen LogP contribution >= 0.6 is 0 Å². The minimum atomic E-state index is 0.608. The number of imidazole rings is 1. The second-order valence-corrected chi connectivity index (χ2v) is 8.51. The molecule has 0 unspecified atom stereocenters. The Balaban J connectivity index is 1.10. The van der Waals surface area contributed by atoms with E-state index in [1.165, 1.54) is 18.4 Å². The van der Waals surface area contributed by atoms with Crippen molar-refractivity contribution in [1.82, 2.24) is 14.9 Å². The van der Waals surface area contributed by atoms with E-state index in [9.17, 15) is 0 Å². The number of para-hydroxylation sites is 2. The summed E-state index contributed by atoms with van der Waals surface area (Å²) in [5, 5.41) is 0. The summed E-state index contributed by atoms with van der Waals surface area (Å²) < 4.78 is 11.4. The first-order valence-electron chi connectivity index (χ1n) is 11.3. The van der Waals surface area contributed by atoms with Gasteiger partial charge >= 0.3 is 0 Å². The number of nitrogens with one attached hydrogen (secondary N) is 1. The van der Waals surface area contributed by atoms with E-state index >= 15 is 0 Å². The molecule has 0 saturated carbocycles. The van der Waals surface area contributed by atoms with Crippen molar-refractivity contribution >= 4 is 11.0 Å². The molecule has 164 valence electrons. The van der Waals surface area contributed by atoms with E-state index in [1.807, 2.05) is 48.5 Å². The standard InChI is InChI=1S/C27H29N3O2/c1-31-23-10-6-20(7-11-23)18-30-16-14-21(15-17-30)19-32-24-12-8-22(9-13-24)27-28-25-4-2-3-5-26(25)29-27/h2-13,21H,14-19H2,1H3,(H,28,29). The van der Waals surface area contributed by atoms with E-state index in [2.05, 4.69) is 39.1 Å². The van der Waals surface area contributed by atoms with E-state index in [0.29, 0.717) is 5.92 Å². The van der Waals surface area contributed by atoms with Crippen LogP contribution in [0.5, 0.6) is 11.5 Å². The summed E-state index contributed by atoms with van der Waals surface area (Å²) in [4.78, 5) is 10.6. The maximum Gasteiger partial charge on any atom is 0.138 e. The Bertz CT molecular complexity index is 1110. The number of hydrogen-bond donors (Lipinski definition) is 1. The monoisotopic (exact) mass is 427 g/mol. The minimum absolute atomic E-state index is 0.608. The number of benzene rings is 3. The van der Waals surface area contributed by atoms with Gasteiger partial charge in [-0.2, -0.15) is 0 Å². The predicted octanol–water partition coefficient (Wildman–Crippen LogP) is 5.53. The molecule has 4 aromatic rings. The Hall–Kier alpha value is -3.31. The van der Waals surface area contributed by atoms with Crippen LogP contribution in [0.4, 0.5) is 0 Å². The minimum Gasteiger partial charge on any atom is -0.497 e. The molecule has 32 heavy (non-hydrogen) atoms. The van der Waals surface area contributed by atoms with Gasteiger partial charge in [-0.1, -0.05) is 24.3 Å². The van der Waals surface area contributed by atoms with Gasteiger partial charge in [-0.15, -0.1) is 0 Å². The zero-order chi connectivity index (χ0) is 21.8. The topological polar surface area (TPSA) is 50.4 Å². The number of nitrogens with zero attached hydrogens (tertiary/aromatic N) is 2. The second kappa shape index (κ2) is 9.45. The average Bonchev–Trinajstić information content (AvgIpc) is 3.29. The Morgan fingerprint density at radius 2 is 1.62 bits per heavy atom. The van der Waals surface area contributed by atoms with E-state index < -0.39 is 0 Å². The van der Waals surface area contributed by atoms with Gasteiger partial charge < -0.3 is 14.5 Å². The summed E-state index contributed by atoms with van der Waals surface area (Å²) in [5.41, 5.74) is 4.45. The van der Waals surface area contributed by atoms with E-state index in [-0.39, 0.29) is 0 Å². The third-order valence-electron chi connectivity index (χ3n) is 6.28. The molecule has 1 aliphatic rings. The fourth-order valence-electron chi connectivity index (χ4n) is 4.31. The number of H-pyrrole nitrogens is 1. The molecule has 2 heterocycles. The highest BCUT2D eigenvalue weighted by molar-refractivity contribution is 5.79. The molecule has 5 rings (SSSR count). The van der Waals surface area contributed by atoms with E-state index in [4.69, 9.17) is 9.47 Å². The largest absolute Gasteiger partial charge is 0.497 e. The van der Waals surface area contributed by atoms with Gasteiger partial charge in [0, 0.05) is 12.1 Å². The quantitative estimate of drug-likeness (QED) is 0.421. The summed E-state index contributed by atoms with van der Waals surface area (Å²) in [7, 11) is 1.71. The number of rotatable bonds is 7. The molecule has 0 aliphatic carbocycles. The van der Waals surface area contributed by atoms with Crippen LogP contribution in [0, 0.1) is 5.92 Å². The zero-order valence-corrected chi connectivity index (χ0v) is 18.5. The van der Waals surface area contributed by atoms with Crippen molar-refractivity contribution in [2.24, 2.45) is 5.92 Å². The average molecular weight is 428 g/mol. The van der Waals surface area contributed by atoms with Crippen LogP contribution in [0.25, 0.3) is 22.4 Å². The number of likely N-dealkylation sites (tertiary alicyclic amines) is 1. The van der Waals surface area contributed by atoms with Gasteiger partial charge in [-0.05, 0) is 85.9 Å². The van der Waals surface area contributed by atoms with E-state index in [1.54, 1.807) is 7.11 Å². The fourth-order valence-corrected chi connectivity index (χ4v) is 4.31. The van der Waals surface area contributed by atoms with E-state index in [0.717, 1.165) is 60.2 Å². The molecule has 1 aromatic heterocycles. The van der Waals surface area contributed by atoms with Crippen LogP contribution in [0.2, 0.25) is 0 Å². The van der Waals surface area contributed by atoms with Gasteiger partial charge in [0.25, 0.3) is 0 Å². The summed E-state index contributed by atoms with van der Waals surface area (Å²) >= 11 is 0. The van der Waals surface area contributed by atoms with Gasteiger partial charge in [0.05, 0.1) is 24.8 Å². The van der Waals surface area contributed by atoms with Crippen LogP contribution in [-0.2, 0) is 6.54 Å². The lowest BCUT2D eigenvalue weighted by atomic mass is 9.97. The molecule has 3 aromatic carbocycles. The third kappa shape index (κ3) is 4.78. The molecule has 0 amide bonds. The van der Waals surface area contributed by atoms with Crippen LogP contribution in [-0.4, -0.2) is 41.7 Å². The van der Waals surface area contributed by atoms with Crippen molar-refractivity contribution < 1.29 is 9.47 Å². The first-order valence-corrected chi connectivity index (χ1v) is 11.3. The first-order chi connectivity index (χ1) is 15.8. The number of fused-ring (bicyclic) bond motifs is 1. The molecule has 1 aliphatic heterocycles.